The number of nitrogens with zero attached hydrogens (tertiary/aromatic N) is 4. The molecule has 11 heteroatoms. The molecule has 192 valence electrons. The second kappa shape index (κ2) is 8.82. The van der Waals surface area contributed by atoms with Crippen molar-refractivity contribution in [3.63, 3.8) is 0 Å². The zero-order valence-electron chi connectivity index (χ0n) is 20.3. The molecule has 1 fully saturated rings. The highest BCUT2D eigenvalue weighted by Gasteiger charge is 2.34. The predicted molar refractivity (Wildman–Crippen MR) is 140 cm³/mol. The minimum absolute atomic E-state index is 0.0946. The molecule has 1 aliphatic heterocycles. The Balaban J connectivity index is 1.43. The number of hydrogen-bond donors (Lipinski definition) is 2. The monoisotopic (exact) mass is 543 g/mol. The van der Waals surface area contributed by atoms with E-state index in [0.717, 1.165) is 17.7 Å². The van der Waals surface area contributed by atoms with E-state index in [1.807, 2.05) is 13.0 Å². The summed E-state index contributed by atoms with van der Waals surface area (Å²) in [5.41, 5.74) is -0.0261. The van der Waals surface area contributed by atoms with Crippen LogP contribution in [0.15, 0.2) is 35.4 Å². The largest absolute Gasteiger partial charge is 0.488 e. The summed E-state index contributed by atoms with van der Waals surface area (Å²) in [6, 6.07) is 6.08. The fraction of sp³-hybridized carbons (Fsp3) is 0.346. The number of anilines is 2. The van der Waals surface area contributed by atoms with Crippen LogP contribution in [0, 0.1) is 11.6 Å². The first kappa shape index (κ1) is 24.4. The van der Waals surface area contributed by atoms with Gasteiger partial charge in [-0.1, -0.05) is 11.6 Å². The van der Waals surface area contributed by atoms with Crippen molar-refractivity contribution in [3.05, 3.63) is 52.9 Å². The minimum Gasteiger partial charge on any atom is -0.488 e. The van der Waals surface area contributed by atoms with Crippen LogP contribution in [0.2, 0.25) is 5.02 Å². The van der Waals surface area contributed by atoms with Gasteiger partial charge in [-0.15, -0.1) is 11.8 Å². The molecule has 1 aliphatic carbocycles. The van der Waals surface area contributed by atoms with Gasteiger partial charge < -0.3 is 19.7 Å². The van der Waals surface area contributed by atoms with E-state index in [1.54, 1.807) is 36.2 Å². The molecule has 2 aliphatic rings. The highest BCUT2D eigenvalue weighted by Crippen LogP contribution is 2.45. The van der Waals surface area contributed by atoms with Crippen molar-refractivity contribution in [3.8, 4) is 17.0 Å². The maximum absolute atomic E-state index is 15.4. The second-order valence-electron chi connectivity index (χ2n) is 9.93. The van der Waals surface area contributed by atoms with E-state index in [-0.39, 0.29) is 40.5 Å². The first-order valence-electron chi connectivity index (χ1n) is 12.0. The maximum Gasteiger partial charge on any atom is 0.227 e. The van der Waals surface area contributed by atoms with Crippen molar-refractivity contribution in [2.24, 2.45) is 0 Å². The normalized spacial score (nSPS) is 17.2. The van der Waals surface area contributed by atoms with Gasteiger partial charge in [0.05, 0.1) is 28.6 Å². The zero-order valence-corrected chi connectivity index (χ0v) is 21.9. The third kappa shape index (κ3) is 4.41. The van der Waals surface area contributed by atoms with Crippen LogP contribution in [-0.4, -0.2) is 36.5 Å². The van der Waals surface area contributed by atoms with Crippen LogP contribution in [0.3, 0.4) is 0 Å². The Morgan fingerprint density at radius 1 is 1.19 bits per heavy atom. The molecule has 2 N–H and O–H groups in total. The summed E-state index contributed by atoms with van der Waals surface area (Å²) >= 11 is 8.13. The maximum atomic E-state index is 15.4. The van der Waals surface area contributed by atoms with Gasteiger partial charge in [-0.2, -0.15) is 0 Å². The summed E-state index contributed by atoms with van der Waals surface area (Å²) in [5.74, 6) is -0.228. The molecule has 0 spiro atoms. The number of rotatable bonds is 6. The Bertz CT molecular complexity index is 1550. The van der Waals surface area contributed by atoms with Crippen molar-refractivity contribution in [1.29, 1.82) is 0 Å². The van der Waals surface area contributed by atoms with Gasteiger partial charge in [-0.25, -0.2) is 23.7 Å². The summed E-state index contributed by atoms with van der Waals surface area (Å²) in [6.07, 6.45) is 3.69. The molecule has 0 unspecified atom stereocenters. The summed E-state index contributed by atoms with van der Waals surface area (Å²) < 4.78 is 38.0. The summed E-state index contributed by atoms with van der Waals surface area (Å²) in [7, 11) is 0. The molecule has 1 saturated carbocycles. The van der Waals surface area contributed by atoms with E-state index in [9.17, 15) is 9.50 Å². The van der Waals surface area contributed by atoms with Crippen LogP contribution in [0.4, 0.5) is 20.4 Å². The summed E-state index contributed by atoms with van der Waals surface area (Å²) in [5, 5.41) is 14.3. The number of thioether (sulfide) groups is 1. The van der Waals surface area contributed by atoms with Gasteiger partial charge in [0.2, 0.25) is 5.95 Å². The molecule has 0 radical (unpaired) electrons. The van der Waals surface area contributed by atoms with Gasteiger partial charge in [0.25, 0.3) is 0 Å². The number of aromatic nitrogens is 4. The van der Waals surface area contributed by atoms with Crippen molar-refractivity contribution in [2.45, 2.75) is 55.4 Å². The van der Waals surface area contributed by atoms with Crippen LogP contribution in [0.5, 0.6) is 5.75 Å². The highest BCUT2D eigenvalue weighted by molar-refractivity contribution is 8.00. The molecule has 2 aromatic carbocycles. The van der Waals surface area contributed by atoms with E-state index < -0.39 is 17.2 Å². The van der Waals surface area contributed by atoms with Crippen molar-refractivity contribution in [1.82, 2.24) is 19.5 Å². The Labute approximate surface area is 221 Å². The van der Waals surface area contributed by atoms with Gasteiger partial charge in [0, 0.05) is 15.7 Å². The SMILES string of the molecule is C[C@H]1COc2c(-c3nc(Nc4ccc(SC5CC5)cc4F)ncc3Cl)cc(F)c3nc(C(C)(C)O)n1c23. The Morgan fingerprint density at radius 2 is 1.97 bits per heavy atom. The van der Waals surface area contributed by atoms with E-state index in [0.29, 0.717) is 27.9 Å². The average Bonchev–Trinajstić information content (AvgIpc) is 3.54. The van der Waals surface area contributed by atoms with Gasteiger partial charge in [0.15, 0.2) is 11.6 Å². The summed E-state index contributed by atoms with van der Waals surface area (Å²) in [6.45, 7) is 5.40. The average molecular weight is 544 g/mol. The highest BCUT2D eigenvalue weighted by atomic mass is 35.5. The van der Waals surface area contributed by atoms with Crippen molar-refractivity contribution < 1.29 is 18.6 Å². The zero-order chi connectivity index (χ0) is 26.1. The lowest BCUT2D eigenvalue weighted by Gasteiger charge is -2.28. The molecular formula is C26H24ClF2N5O2S. The Morgan fingerprint density at radius 3 is 2.68 bits per heavy atom. The van der Waals surface area contributed by atoms with Crippen molar-refractivity contribution in [2.75, 3.05) is 11.9 Å². The van der Waals surface area contributed by atoms with Crippen LogP contribution >= 0.6 is 23.4 Å². The number of imidazole rings is 1. The minimum atomic E-state index is -1.30. The number of benzene rings is 2. The fourth-order valence-electron chi connectivity index (χ4n) is 4.45. The number of ether oxygens (including phenoxy) is 1. The van der Waals surface area contributed by atoms with E-state index in [1.165, 1.54) is 18.3 Å². The van der Waals surface area contributed by atoms with E-state index in [4.69, 9.17) is 16.3 Å². The molecule has 7 nitrogen and oxygen atoms in total. The third-order valence-corrected chi connectivity index (χ3v) is 7.95. The van der Waals surface area contributed by atoms with E-state index >= 15 is 4.39 Å². The number of halogens is 3. The first-order chi connectivity index (χ1) is 17.6. The van der Waals surface area contributed by atoms with Crippen LogP contribution in [0.25, 0.3) is 22.3 Å². The molecule has 2 aromatic heterocycles. The molecule has 1 atom stereocenters. The Hall–Kier alpha value is -2.95. The van der Waals surface area contributed by atoms with Gasteiger partial charge in [-0.05, 0) is 57.9 Å². The molecular weight excluding hydrogens is 520 g/mol. The van der Waals surface area contributed by atoms with Crippen LogP contribution in [-0.2, 0) is 5.60 Å². The van der Waals surface area contributed by atoms with Gasteiger partial charge in [-0.3, -0.25) is 0 Å². The lowest BCUT2D eigenvalue weighted by atomic mass is 10.1. The molecule has 0 amide bonds. The molecule has 4 aromatic rings. The number of nitrogens with one attached hydrogen (secondary N) is 1. The summed E-state index contributed by atoms with van der Waals surface area (Å²) in [4.78, 5) is 14.0. The third-order valence-electron chi connectivity index (χ3n) is 6.34. The van der Waals surface area contributed by atoms with Crippen molar-refractivity contribution >= 4 is 46.0 Å². The topological polar surface area (TPSA) is 85.1 Å². The Kier molecular flexibility index (Phi) is 5.81. The second-order valence-corrected chi connectivity index (χ2v) is 11.7. The smallest absolute Gasteiger partial charge is 0.227 e. The first-order valence-corrected chi connectivity index (χ1v) is 13.2. The molecule has 0 saturated heterocycles. The molecule has 3 heterocycles. The van der Waals surface area contributed by atoms with Gasteiger partial charge >= 0.3 is 0 Å². The molecule has 37 heavy (non-hydrogen) atoms. The fourth-order valence-corrected chi connectivity index (χ4v) is 5.72. The lowest BCUT2D eigenvalue weighted by molar-refractivity contribution is 0.0616. The van der Waals surface area contributed by atoms with Crippen LogP contribution < -0.4 is 10.1 Å². The van der Waals surface area contributed by atoms with Crippen LogP contribution in [0.1, 0.15) is 45.5 Å². The quantitative estimate of drug-likeness (QED) is 0.283. The number of hydrogen-bond acceptors (Lipinski definition) is 7. The molecule has 0 bridgehead atoms. The standard InChI is InChI=1S/C26H24ClF2N5O2S/c1-12-11-36-23-15(9-18(29)21-22(23)34(12)24(32-21)26(2,3)35)20-16(27)10-30-25(33-20)31-19-7-6-14(8-17(19)28)37-13-4-5-13/h6-10,12-13,35H,4-5,11H2,1-3H3,(H,30,31,33)/t12-/m0/s1. The van der Waals surface area contributed by atoms with Gasteiger partial charge in [0.1, 0.15) is 34.9 Å². The predicted octanol–water partition coefficient (Wildman–Crippen LogP) is 6.60. The lowest BCUT2D eigenvalue weighted by Crippen LogP contribution is -2.28. The van der Waals surface area contributed by atoms with E-state index in [2.05, 4.69) is 20.3 Å². The molecule has 6 rings (SSSR count). The number of aliphatic hydroxyl groups is 1.